The fourth-order valence-corrected chi connectivity index (χ4v) is 5.26. The van der Waals surface area contributed by atoms with Crippen LogP contribution in [0.1, 0.15) is 29.2 Å². The van der Waals surface area contributed by atoms with Gasteiger partial charge in [0.1, 0.15) is 12.6 Å². The first-order valence-electron chi connectivity index (χ1n) is 12.4. The van der Waals surface area contributed by atoms with Crippen molar-refractivity contribution >= 4 is 39.1 Å². The van der Waals surface area contributed by atoms with Gasteiger partial charge in [0.2, 0.25) is 21.8 Å². The average molecular weight is 556 g/mol. The minimum atomic E-state index is -3.81. The maximum Gasteiger partial charge on any atom is 0.244 e. The summed E-state index contributed by atoms with van der Waals surface area (Å²) in [5.41, 5.74) is 3.75. The quantitative estimate of drug-likeness (QED) is 0.377. The van der Waals surface area contributed by atoms with Crippen molar-refractivity contribution < 1.29 is 18.0 Å². The van der Waals surface area contributed by atoms with Gasteiger partial charge >= 0.3 is 0 Å². The highest BCUT2D eigenvalue weighted by atomic mass is 35.5. The van der Waals surface area contributed by atoms with E-state index in [2.05, 4.69) is 5.32 Å². The fraction of sp³-hybridized carbons (Fsp3) is 0.310. The van der Waals surface area contributed by atoms with E-state index in [9.17, 15) is 18.0 Å². The number of benzene rings is 3. The fourth-order valence-electron chi connectivity index (χ4n) is 4.23. The largest absolute Gasteiger partial charge is 0.355 e. The molecule has 0 radical (unpaired) electrons. The van der Waals surface area contributed by atoms with E-state index in [-0.39, 0.29) is 18.9 Å². The zero-order valence-electron chi connectivity index (χ0n) is 22.1. The molecule has 202 valence electrons. The molecule has 7 nitrogen and oxygen atoms in total. The van der Waals surface area contributed by atoms with Crippen LogP contribution in [-0.2, 0) is 32.6 Å². The Labute approximate surface area is 230 Å². The maximum atomic E-state index is 14.0. The molecule has 0 aliphatic carbocycles. The van der Waals surface area contributed by atoms with Gasteiger partial charge in [-0.15, -0.1) is 0 Å². The minimum Gasteiger partial charge on any atom is -0.355 e. The van der Waals surface area contributed by atoms with Gasteiger partial charge in [0.15, 0.2) is 0 Å². The number of amides is 2. The summed E-state index contributed by atoms with van der Waals surface area (Å²) in [5, 5.41) is 3.39. The lowest BCUT2D eigenvalue weighted by atomic mass is 10.0. The lowest BCUT2D eigenvalue weighted by Gasteiger charge is -2.34. The van der Waals surface area contributed by atoms with E-state index in [0.29, 0.717) is 17.3 Å². The molecular weight excluding hydrogens is 522 g/mol. The predicted molar refractivity (Wildman–Crippen MR) is 153 cm³/mol. The molecule has 0 bridgehead atoms. The van der Waals surface area contributed by atoms with Gasteiger partial charge in [-0.2, -0.15) is 0 Å². The number of nitrogens with zero attached hydrogens (tertiary/aromatic N) is 2. The summed E-state index contributed by atoms with van der Waals surface area (Å²) in [6.07, 6.45) is 1.35. The summed E-state index contributed by atoms with van der Waals surface area (Å²) in [5.74, 6) is -0.797. The van der Waals surface area contributed by atoms with Crippen molar-refractivity contribution in [2.24, 2.45) is 0 Å². The normalized spacial score (nSPS) is 12.0. The number of halogens is 1. The van der Waals surface area contributed by atoms with Crippen molar-refractivity contribution in [3.05, 3.63) is 100 Å². The Morgan fingerprint density at radius 1 is 0.921 bits per heavy atom. The van der Waals surface area contributed by atoms with E-state index in [0.717, 1.165) is 32.8 Å². The van der Waals surface area contributed by atoms with Gasteiger partial charge in [0, 0.05) is 24.5 Å². The monoisotopic (exact) mass is 555 g/mol. The summed E-state index contributed by atoms with van der Waals surface area (Å²) in [6, 6.07) is 20.9. The molecule has 1 unspecified atom stereocenters. The van der Waals surface area contributed by atoms with Gasteiger partial charge in [0.25, 0.3) is 0 Å². The van der Waals surface area contributed by atoms with Crippen LogP contribution >= 0.6 is 11.6 Å². The van der Waals surface area contributed by atoms with Crippen molar-refractivity contribution in [2.75, 3.05) is 23.7 Å². The first-order valence-corrected chi connectivity index (χ1v) is 14.6. The number of likely N-dealkylation sites (N-methyl/N-ethyl adjacent to an activating group) is 1. The molecule has 38 heavy (non-hydrogen) atoms. The summed E-state index contributed by atoms with van der Waals surface area (Å²) < 4.78 is 26.9. The Morgan fingerprint density at radius 2 is 1.58 bits per heavy atom. The van der Waals surface area contributed by atoms with Crippen LogP contribution in [-0.4, -0.2) is 50.5 Å². The Balaban J connectivity index is 2.06. The van der Waals surface area contributed by atoms with E-state index in [4.69, 9.17) is 11.6 Å². The molecule has 0 saturated heterocycles. The number of nitrogens with one attached hydrogen (secondary N) is 1. The topological polar surface area (TPSA) is 86.8 Å². The van der Waals surface area contributed by atoms with Gasteiger partial charge in [-0.05, 0) is 61.2 Å². The second kappa shape index (κ2) is 12.9. The molecule has 0 heterocycles. The van der Waals surface area contributed by atoms with Crippen molar-refractivity contribution in [3.63, 3.8) is 0 Å². The highest BCUT2D eigenvalue weighted by molar-refractivity contribution is 7.92. The van der Waals surface area contributed by atoms with Crippen LogP contribution in [0.5, 0.6) is 0 Å². The average Bonchev–Trinajstić information content (AvgIpc) is 2.87. The van der Waals surface area contributed by atoms with Crippen LogP contribution < -0.4 is 9.62 Å². The van der Waals surface area contributed by atoms with E-state index in [1.54, 1.807) is 36.4 Å². The lowest BCUT2D eigenvalue weighted by molar-refractivity contribution is -0.140. The smallest absolute Gasteiger partial charge is 0.244 e. The molecule has 0 aliphatic rings. The standard InChI is InChI=1S/C29H34ClN3O4S/c1-5-31-29(35)27(18-23-11-7-6-8-12-23)32(19-24-14-16-25(30)17-15-24)28(34)20-33(38(4,36)37)26-13-9-10-21(2)22(26)3/h6-17,27H,5,18-20H2,1-4H3,(H,31,35). The summed E-state index contributed by atoms with van der Waals surface area (Å²) in [6.45, 7) is 5.58. The maximum absolute atomic E-state index is 14.0. The second-order valence-electron chi connectivity index (χ2n) is 9.24. The van der Waals surface area contributed by atoms with Crippen molar-refractivity contribution in [1.29, 1.82) is 0 Å². The number of aryl methyl sites for hydroxylation is 1. The van der Waals surface area contributed by atoms with E-state index in [1.807, 2.05) is 57.2 Å². The molecule has 2 amide bonds. The molecule has 0 fully saturated rings. The van der Waals surface area contributed by atoms with Gasteiger partial charge < -0.3 is 10.2 Å². The van der Waals surface area contributed by atoms with Crippen LogP contribution in [0.3, 0.4) is 0 Å². The summed E-state index contributed by atoms with van der Waals surface area (Å²) >= 11 is 6.07. The van der Waals surface area contributed by atoms with Gasteiger partial charge in [-0.25, -0.2) is 8.42 Å². The molecule has 3 rings (SSSR count). The van der Waals surface area contributed by atoms with Crippen LogP contribution in [0, 0.1) is 13.8 Å². The molecule has 0 aliphatic heterocycles. The number of sulfonamides is 1. The summed E-state index contributed by atoms with van der Waals surface area (Å²) in [7, 11) is -3.81. The van der Waals surface area contributed by atoms with Gasteiger partial charge in [-0.1, -0.05) is 66.2 Å². The van der Waals surface area contributed by atoms with Crippen LogP contribution in [0.15, 0.2) is 72.8 Å². The third-order valence-corrected chi connectivity index (χ3v) is 7.79. The molecule has 0 spiro atoms. The first kappa shape index (κ1) is 29.2. The van der Waals surface area contributed by atoms with E-state index >= 15 is 0 Å². The van der Waals surface area contributed by atoms with Crippen LogP contribution in [0.4, 0.5) is 5.69 Å². The number of rotatable bonds is 11. The SMILES string of the molecule is CCNC(=O)C(Cc1ccccc1)N(Cc1ccc(Cl)cc1)C(=O)CN(c1cccc(C)c1C)S(C)(=O)=O. The van der Waals surface area contributed by atoms with Crippen molar-refractivity contribution in [1.82, 2.24) is 10.2 Å². The van der Waals surface area contributed by atoms with Crippen molar-refractivity contribution in [2.45, 2.75) is 39.8 Å². The Hall–Kier alpha value is -3.36. The van der Waals surface area contributed by atoms with Crippen LogP contribution in [0.2, 0.25) is 5.02 Å². The molecular formula is C29H34ClN3O4S. The van der Waals surface area contributed by atoms with Crippen molar-refractivity contribution in [3.8, 4) is 0 Å². The van der Waals surface area contributed by atoms with Gasteiger partial charge in [-0.3, -0.25) is 13.9 Å². The lowest BCUT2D eigenvalue weighted by Crippen LogP contribution is -2.53. The number of hydrogen-bond acceptors (Lipinski definition) is 4. The number of carbonyl (C=O) groups excluding carboxylic acids is 2. The molecule has 3 aromatic carbocycles. The third kappa shape index (κ3) is 7.58. The summed E-state index contributed by atoms with van der Waals surface area (Å²) in [4.78, 5) is 28.8. The zero-order valence-corrected chi connectivity index (χ0v) is 23.7. The highest BCUT2D eigenvalue weighted by Gasteiger charge is 2.33. The van der Waals surface area contributed by atoms with Gasteiger partial charge in [0.05, 0.1) is 11.9 Å². The molecule has 3 aromatic rings. The van der Waals surface area contributed by atoms with E-state index < -0.39 is 28.5 Å². The molecule has 9 heteroatoms. The highest BCUT2D eigenvalue weighted by Crippen LogP contribution is 2.26. The molecule has 0 aromatic heterocycles. The molecule has 0 saturated carbocycles. The number of anilines is 1. The van der Waals surface area contributed by atoms with E-state index in [1.165, 1.54) is 4.90 Å². The van der Waals surface area contributed by atoms with Crippen LogP contribution in [0.25, 0.3) is 0 Å². The molecule has 1 atom stereocenters. The Bertz CT molecular complexity index is 1360. The third-order valence-electron chi connectivity index (χ3n) is 6.41. The first-order chi connectivity index (χ1) is 18.0. The predicted octanol–water partition coefficient (Wildman–Crippen LogP) is 4.50. The Kier molecular flexibility index (Phi) is 9.94. The Morgan fingerprint density at radius 3 is 2.18 bits per heavy atom. The zero-order chi connectivity index (χ0) is 27.9. The number of hydrogen-bond donors (Lipinski definition) is 1. The second-order valence-corrected chi connectivity index (χ2v) is 11.6. The molecule has 1 N–H and O–H groups in total. The minimum absolute atomic E-state index is 0.106. The number of carbonyl (C=O) groups is 2.